The molecule has 0 aliphatic carbocycles. The Morgan fingerprint density at radius 1 is 0.308 bits per heavy atom. The van der Waals surface area contributed by atoms with E-state index in [0.717, 1.165) is 66.9 Å². The van der Waals surface area contributed by atoms with E-state index in [1.165, 1.54) is 54.5 Å². The predicted octanol–water partition coefficient (Wildman–Crippen LogP) is 17.5. The van der Waals surface area contributed by atoms with Crippen LogP contribution < -0.4 is 4.90 Å². The van der Waals surface area contributed by atoms with Crippen LogP contribution in [0.3, 0.4) is 0 Å². The van der Waals surface area contributed by atoms with Gasteiger partial charge in [-0.1, -0.05) is 164 Å². The number of hydrogen-bond acceptors (Lipinski definition) is 2. The quantitative estimate of drug-likeness (QED) is 0.149. The first kappa shape index (κ1) is 36.9. The Bertz CT molecular complexity index is 3920. The van der Waals surface area contributed by atoms with Crippen LogP contribution in [0.15, 0.2) is 247 Å². The molecule has 0 atom stereocenters. The van der Waals surface area contributed by atoms with Crippen LogP contribution in [0.1, 0.15) is 0 Å². The highest BCUT2D eigenvalue weighted by Crippen LogP contribution is 2.42. The van der Waals surface area contributed by atoms with Gasteiger partial charge in [0.25, 0.3) is 0 Å². The van der Waals surface area contributed by atoms with E-state index >= 15 is 0 Å². The van der Waals surface area contributed by atoms with E-state index < -0.39 is 0 Å². The van der Waals surface area contributed by atoms with Gasteiger partial charge >= 0.3 is 0 Å². The van der Waals surface area contributed by atoms with E-state index in [-0.39, 0.29) is 0 Å². The fourth-order valence-corrected chi connectivity index (χ4v) is 10.0. The molecule has 0 bridgehead atoms. The third kappa shape index (κ3) is 6.20. The van der Waals surface area contributed by atoms with Gasteiger partial charge in [-0.15, -0.1) is 0 Å². The van der Waals surface area contributed by atoms with E-state index in [0.29, 0.717) is 0 Å². The maximum Gasteiger partial charge on any atom is 0.143 e. The van der Waals surface area contributed by atoms with Crippen molar-refractivity contribution in [3.8, 4) is 39.1 Å². The van der Waals surface area contributed by atoms with Crippen molar-refractivity contribution in [2.45, 2.75) is 0 Å². The Morgan fingerprint density at radius 2 is 0.862 bits per heavy atom. The molecule has 0 N–H and O–H groups in total. The van der Waals surface area contributed by atoms with Gasteiger partial charge in [0.05, 0.1) is 11.0 Å². The molecule has 0 spiro atoms. The highest BCUT2D eigenvalue weighted by Gasteiger charge is 2.18. The molecule has 13 aromatic rings. The SMILES string of the molecule is c1ccc(-c2cccc3c2oc2ccc(-c4ccc(N(c5ccc(-c6ccc7c(c6)c6ccccc6n7-c6ccccc6)cc5)c5ccc6ccc7ccccc7c6c5)cc4)cc23)cc1. The molecule has 13 rings (SSSR count). The molecule has 0 saturated carbocycles. The number of anilines is 3. The van der Waals surface area contributed by atoms with E-state index in [1.54, 1.807) is 0 Å². The number of nitrogens with zero attached hydrogens (tertiary/aromatic N) is 2. The number of aromatic nitrogens is 1. The second-order valence-electron chi connectivity index (χ2n) is 16.9. The topological polar surface area (TPSA) is 21.3 Å². The molecule has 2 heterocycles. The molecule has 0 aliphatic rings. The Balaban J connectivity index is 0.899. The van der Waals surface area contributed by atoms with Gasteiger partial charge in [0.2, 0.25) is 0 Å². The van der Waals surface area contributed by atoms with Gasteiger partial charge in [0.1, 0.15) is 11.2 Å². The van der Waals surface area contributed by atoms with Crippen LogP contribution in [-0.2, 0) is 0 Å². The van der Waals surface area contributed by atoms with Crippen LogP contribution in [-0.4, -0.2) is 4.57 Å². The average Bonchev–Trinajstić information content (AvgIpc) is 3.92. The monoisotopic (exact) mass is 828 g/mol. The summed E-state index contributed by atoms with van der Waals surface area (Å²) >= 11 is 0. The number of rotatable bonds is 7. The molecule has 2 aromatic heterocycles. The zero-order valence-electron chi connectivity index (χ0n) is 35.4. The minimum atomic E-state index is 0.890. The Kier molecular flexibility index (Phi) is 8.53. The van der Waals surface area contributed by atoms with E-state index in [9.17, 15) is 0 Å². The maximum absolute atomic E-state index is 6.52. The van der Waals surface area contributed by atoms with Crippen LogP contribution in [0.2, 0.25) is 0 Å². The highest BCUT2D eigenvalue weighted by atomic mass is 16.3. The standard InChI is InChI=1S/C62H40N2O/c1-3-12-43(13-4-1)53-19-11-20-55-58-39-47(30-37-61(58)65-62(53)55)42-26-33-50(34-27-42)63(51-35-28-45-23-22-44-14-7-8-17-52(44)56(45)40-51)49-31-24-41(25-32-49)46-29-36-60-57(38-46)54-18-9-10-21-59(54)64(60)48-15-5-2-6-16-48/h1-40H. The first-order chi connectivity index (χ1) is 32.2. The van der Waals surface area contributed by atoms with Crippen molar-refractivity contribution in [1.29, 1.82) is 0 Å². The van der Waals surface area contributed by atoms with Gasteiger partial charge in [-0.3, -0.25) is 0 Å². The number of hydrogen-bond donors (Lipinski definition) is 0. The highest BCUT2D eigenvalue weighted by molar-refractivity contribution is 6.12. The van der Waals surface area contributed by atoms with Crippen molar-refractivity contribution in [2.75, 3.05) is 4.90 Å². The van der Waals surface area contributed by atoms with E-state index in [4.69, 9.17) is 4.42 Å². The van der Waals surface area contributed by atoms with Crippen molar-refractivity contribution in [2.24, 2.45) is 0 Å². The molecule has 3 nitrogen and oxygen atoms in total. The summed E-state index contributed by atoms with van der Waals surface area (Å²) in [6.45, 7) is 0. The summed E-state index contributed by atoms with van der Waals surface area (Å²) in [5, 5.41) is 9.67. The van der Waals surface area contributed by atoms with Crippen molar-refractivity contribution in [3.05, 3.63) is 243 Å². The Labute approximate surface area is 376 Å². The molecular formula is C62H40N2O. The molecule has 65 heavy (non-hydrogen) atoms. The number of fused-ring (bicyclic) bond motifs is 9. The van der Waals surface area contributed by atoms with Crippen molar-refractivity contribution in [3.63, 3.8) is 0 Å². The average molecular weight is 829 g/mol. The third-order valence-corrected chi connectivity index (χ3v) is 13.2. The largest absolute Gasteiger partial charge is 0.455 e. The van der Waals surface area contributed by atoms with Gasteiger partial charge in [-0.05, 0) is 128 Å². The lowest BCUT2D eigenvalue weighted by Gasteiger charge is -2.26. The second-order valence-corrected chi connectivity index (χ2v) is 16.9. The minimum absolute atomic E-state index is 0.890. The second kappa shape index (κ2) is 15.0. The summed E-state index contributed by atoms with van der Waals surface area (Å²) in [7, 11) is 0. The molecule has 0 saturated heterocycles. The van der Waals surface area contributed by atoms with Gasteiger partial charge < -0.3 is 13.9 Å². The lowest BCUT2D eigenvalue weighted by atomic mass is 9.99. The fraction of sp³-hybridized carbons (Fsp3) is 0. The summed E-state index contributed by atoms with van der Waals surface area (Å²) in [5.74, 6) is 0. The molecular weight excluding hydrogens is 789 g/mol. The first-order valence-electron chi connectivity index (χ1n) is 22.2. The van der Waals surface area contributed by atoms with Crippen molar-refractivity contribution >= 4 is 82.4 Å². The molecule has 0 fully saturated rings. The summed E-state index contributed by atoms with van der Waals surface area (Å²) in [6, 6.07) is 87.7. The summed E-state index contributed by atoms with van der Waals surface area (Å²) in [5.41, 5.74) is 15.6. The number of para-hydroxylation sites is 3. The minimum Gasteiger partial charge on any atom is -0.455 e. The molecule has 3 heteroatoms. The molecule has 0 amide bonds. The molecule has 0 unspecified atom stereocenters. The maximum atomic E-state index is 6.52. The molecule has 0 aliphatic heterocycles. The summed E-state index contributed by atoms with van der Waals surface area (Å²) in [4.78, 5) is 2.38. The zero-order valence-corrected chi connectivity index (χ0v) is 35.4. The molecule has 304 valence electrons. The van der Waals surface area contributed by atoms with Crippen LogP contribution >= 0.6 is 0 Å². The lowest BCUT2D eigenvalue weighted by Crippen LogP contribution is -2.09. The van der Waals surface area contributed by atoms with Crippen LogP contribution in [0.5, 0.6) is 0 Å². The third-order valence-electron chi connectivity index (χ3n) is 13.2. The van der Waals surface area contributed by atoms with Crippen LogP contribution in [0.25, 0.3) is 104 Å². The van der Waals surface area contributed by atoms with Gasteiger partial charge in [0.15, 0.2) is 0 Å². The van der Waals surface area contributed by atoms with Crippen LogP contribution in [0, 0.1) is 0 Å². The molecule has 11 aromatic carbocycles. The number of benzene rings is 11. The van der Waals surface area contributed by atoms with Gasteiger partial charge in [0, 0.05) is 49.9 Å². The van der Waals surface area contributed by atoms with Gasteiger partial charge in [-0.2, -0.15) is 0 Å². The van der Waals surface area contributed by atoms with Gasteiger partial charge in [-0.25, -0.2) is 0 Å². The Hall–Kier alpha value is -8.66. The molecule has 0 radical (unpaired) electrons. The lowest BCUT2D eigenvalue weighted by molar-refractivity contribution is 0.670. The Morgan fingerprint density at radius 3 is 1.62 bits per heavy atom. The zero-order chi connectivity index (χ0) is 42.8. The summed E-state index contributed by atoms with van der Waals surface area (Å²) in [6.07, 6.45) is 0. The number of furan rings is 1. The smallest absolute Gasteiger partial charge is 0.143 e. The van der Waals surface area contributed by atoms with Crippen molar-refractivity contribution in [1.82, 2.24) is 4.57 Å². The van der Waals surface area contributed by atoms with Crippen LogP contribution in [0.4, 0.5) is 17.1 Å². The van der Waals surface area contributed by atoms with E-state index in [2.05, 4.69) is 246 Å². The fourth-order valence-electron chi connectivity index (χ4n) is 10.0. The normalized spacial score (nSPS) is 11.7. The van der Waals surface area contributed by atoms with E-state index in [1.807, 2.05) is 6.07 Å². The summed E-state index contributed by atoms with van der Waals surface area (Å²) < 4.78 is 8.89. The first-order valence-corrected chi connectivity index (χ1v) is 22.2. The van der Waals surface area contributed by atoms with Crippen molar-refractivity contribution < 1.29 is 4.42 Å². The predicted molar refractivity (Wildman–Crippen MR) is 274 cm³/mol.